The number of nitrogens with zero attached hydrogens (tertiary/aromatic N) is 1. The van der Waals surface area contributed by atoms with Gasteiger partial charge in [0.15, 0.2) is 0 Å². The van der Waals surface area contributed by atoms with Crippen LogP contribution in [0.5, 0.6) is 0 Å². The molecule has 1 heterocycles. The summed E-state index contributed by atoms with van der Waals surface area (Å²) in [7, 11) is -1.07. The second kappa shape index (κ2) is 4.39. The van der Waals surface area contributed by atoms with Crippen molar-refractivity contribution < 1.29 is 8.42 Å². The van der Waals surface area contributed by atoms with Crippen LogP contribution in [0.25, 0.3) is 0 Å². The number of piperidine rings is 1. The normalized spacial score (nSPS) is 26.2. The van der Waals surface area contributed by atoms with Crippen LogP contribution < -0.4 is 5.32 Å². The molecule has 0 aromatic carbocycles. The first kappa shape index (κ1) is 10.9. The van der Waals surface area contributed by atoms with E-state index in [-0.39, 0.29) is 0 Å². The molecule has 1 rings (SSSR count). The van der Waals surface area contributed by atoms with Crippen LogP contribution in [0.1, 0.15) is 12.8 Å². The summed E-state index contributed by atoms with van der Waals surface area (Å²) in [5.74, 6) is 0.480. The first-order chi connectivity index (χ1) is 6.04. The van der Waals surface area contributed by atoms with Gasteiger partial charge >= 0.3 is 0 Å². The molecule has 1 atom stereocenters. The van der Waals surface area contributed by atoms with Gasteiger partial charge in [0.25, 0.3) is 0 Å². The Morgan fingerprint density at radius 3 is 2.77 bits per heavy atom. The van der Waals surface area contributed by atoms with E-state index in [2.05, 4.69) is 5.32 Å². The fourth-order valence-corrected chi connectivity index (χ4v) is 2.73. The van der Waals surface area contributed by atoms with Crippen LogP contribution in [0, 0.1) is 5.92 Å². The summed E-state index contributed by atoms with van der Waals surface area (Å²) in [5, 5.41) is 3.09. The summed E-state index contributed by atoms with van der Waals surface area (Å²) in [4.78, 5) is 0. The molecule has 0 amide bonds. The molecule has 1 saturated heterocycles. The first-order valence-electron chi connectivity index (χ1n) is 4.63. The van der Waals surface area contributed by atoms with Crippen LogP contribution in [0.15, 0.2) is 0 Å². The summed E-state index contributed by atoms with van der Waals surface area (Å²) in [6.07, 6.45) is 3.40. The largest absolute Gasteiger partial charge is 0.319 e. The Balaban J connectivity index is 2.52. The van der Waals surface area contributed by atoms with E-state index in [0.29, 0.717) is 19.0 Å². The Morgan fingerprint density at radius 2 is 2.23 bits per heavy atom. The third-order valence-electron chi connectivity index (χ3n) is 2.44. The molecule has 5 heteroatoms. The molecule has 1 fully saturated rings. The van der Waals surface area contributed by atoms with Gasteiger partial charge in [0.1, 0.15) is 0 Å². The van der Waals surface area contributed by atoms with Crippen molar-refractivity contribution in [2.75, 3.05) is 32.9 Å². The lowest BCUT2D eigenvalue weighted by molar-refractivity contribution is 0.265. The molecular weight excluding hydrogens is 188 g/mol. The standard InChI is InChI=1S/C8H18N2O2S/c1-9-6-8-4-3-5-10(7-8)13(2,11)12/h8-9H,3-7H2,1-2H3/t8-/m0/s1. The minimum absolute atomic E-state index is 0.480. The summed E-state index contributed by atoms with van der Waals surface area (Å²) in [5.41, 5.74) is 0. The van der Waals surface area contributed by atoms with Gasteiger partial charge in [-0.25, -0.2) is 12.7 Å². The maximum atomic E-state index is 11.2. The van der Waals surface area contributed by atoms with Crippen LogP contribution >= 0.6 is 0 Å². The monoisotopic (exact) mass is 206 g/mol. The van der Waals surface area contributed by atoms with Crippen molar-refractivity contribution in [1.82, 2.24) is 9.62 Å². The molecular formula is C8H18N2O2S. The molecule has 0 aromatic rings. The molecule has 0 radical (unpaired) electrons. The van der Waals surface area contributed by atoms with E-state index in [0.717, 1.165) is 19.4 Å². The third-order valence-corrected chi connectivity index (χ3v) is 3.71. The highest BCUT2D eigenvalue weighted by molar-refractivity contribution is 7.88. The van der Waals surface area contributed by atoms with Crippen molar-refractivity contribution in [3.63, 3.8) is 0 Å². The SMILES string of the molecule is CNC[C@@H]1CCCN(S(C)(=O)=O)C1. The lowest BCUT2D eigenvalue weighted by Crippen LogP contribution is -2.41. The van der Waals surface area contributed by atoms with Crippen molar-refractivity contribution in [3.05, 3.63) is 0 Å². The van der Waals surface area contributed by atoms with Gasteiger partial charge in [-0.1, -0.05) is 0 Å². The Hall–Kier alpha value is -0.130. The summed E-state index contributed by atoms with van der Waals surface area (Å²) in [6.45, 7) is 2.28. The number of hydrogen-bond acceptors (Lipinski definition) is 3. The van der Waals surface area contributed by atoms with Gasteiger partial charge in [0, 0.05) is 13.1 Å². The van der Waals surface area contributed by atoms with E-state index in [1.807, 2.05) is 7.05 Å². The summed E-state index contributed by atoms with van der Waals surface area (Å²) in [6, 6.07) is 0. The van der Waals surface area contributed by atoms with Crippen LogP contribution in [0.3, 0.4) is 0 Å². The van der Waals surface area contributed by atoms with Crippen molar-refractivity contribution in [3.8, 4) is 0 Å². The predicted octanol–water partition coefficient (Wildman–Crippen LogP) is -0.123. The predicted molar refractivity (Wildman–Crippen MR) is 53.1 cm³/mol. The van der Waals surface area contributed by atoms with Crippen LogP contribution in [0.2, 0.25) is 0 Å². The molecule has 0 unspecified atom stereocenters. The van der Waals surface area contributed by atoms with Gasteiger partial charge in [0.05, 0.1) is 6.26 Å². The highest BCUT2D eigenvalue weighted by atomic mass is 32.2. The maximum Gasteiger partial charge on any atom is 0.211 e. The van der Waals surface area contributed by atoms with Crippen LogP contribution in [0.4, 0.5) is 0 Å². The number of hydrogen-bond donors (Lipinski definition) is 1. The topological polar surface area (TPSA) is 49.4 Å². The second-order valence-electron chi connectivity index (χ2n) is 3.69. The van der Waals surface area contributed by atoms with Gasteiger partial charge in [-0.15, -0.1) is 0 Å². The van der Waals surface area contributed by atoms with Crippen LogP contribution in [-0.2, 0) is 10.0 Å². The quantitative estimate of drug-likeness (QED) is 0.700. The molecule has 0 saturated carbocycles. The maximum absolute atomic E-state index is 11.2. The van der Waals surface area contributed by atoms with E-state index in [1.54, 1.807) is 4.31 Å². The smallest absolute Gasteiger partial charge is 0.211 e. The molecule has 1 aliphatic rings. The van der Waals surface area contributed by atoms with E-state index < -0.39 is 10.0 Å². The van der Waals surface area contributed by atoms with Crippen molar-refractivity contribution >= 4 is 10.0 Å². The van der Waals surface area contributed by atoms with E-state index in [9.17, 15) is 8.42 Å². The molecule has 78 valence electrons. The Labute approximate surface area is 80.4 Å². The van der Waals surface area contributed by atoms with Crippen molar-refractivity contribution in [2.45, 2.75) is 12.8 Å². The Kier molecular flexibility index (Phi) is 3.70. The van der Waals surface area contributed by atoms with E-state index in [4.69, 9.17) is 0 Å². The molecule has 0 bridgehead atoms. The highest BCUT2D eigenvalue weighted by Crippen LogP contribution is 2.17. The third kappa shape index (κ3) is 3.25. The lowest BCUT2D eigenvalue weighted by atomic mass is 10.00. The first-order valence-corrected chi connectivity index (χ1v) is 6.48. The molecule has 0 spiro atoms. The summed E-state index contributed by atoms with van der Waals surface area (Å²) >= 11 is 0. The molecule has 0 aromatic heterocycles. The van der Waals surface area contributed by atoms with Gasteiger partial charge in [-0.3, -0.25) is 0 Å². The molecule has 0 aliphatic carbocycles. The van der Waals surface area contributed by atoms with E-state index >= 15 is 0 Å². The zero-order valence-corrected chi connectivity index (χ0v) is 9.10. The van der Waals surface area contributed by atoms with Crippen LogP contribution in [-0.4, -0.2) is 45.7 Å². The minimum Gasteiger partial charge on any atom is -0.319 e. The average molecular weight is 206 g/mol. The Morgan fingerprint density at radius 1 is 1.54 bits per heavy atom. The van der Waals surface area contributed by atoms with E-state index in [1.165, 1.54) is 6.26 Å². The second-order valence-corrected chi connectivity index (χ2v) is 5.67. The molecule has 4 nitrogen and oxygen atoms in total. The molecule has 1 N–H and O–H groups in total. The zero-order chi connectivity index (χ0) is 9.90. The fourth-order valence-electron chi connectivity index (χ4n) is 1.78. The minimum atomic E-state index is -2.97. The average Bonchev–Trinajstić information content (AvgIpc) is 2.04. The number of nitrogens with one attached hydrogen (secondary N) is 1. The van der Waals surface area contributed by atoms with Crippen molar-refractivity contribution in [2.24, 2.45) is 5.92 Å². The molecule has 13 heavy (non-hydrogen) atoms. The van der Waals surface area contributed by atoms with Gasteiger partial charge in [-0.05, 0) is 32.4 Å². The zero-order valence-electron chi connectivity index (χ0n) is 8.28. The fraction of sp³-hybridized carbons (Fsp3) is 1.00. The van der Waals surface area contributed by atoms with Gasteiger partial charge in [0.2, 0.25) is 10.0 Å². The van der Waals surface area contributed by atoms with Crippen molar-refractivity contribution in [1.29, 1.82) is 0 Å². The molecule has 1 aliphatic heterocycles. The highest BCUT2D eigenvalue weighted by Gasteiger charge is 2.24. The number of rotatable bonds is 3. The lowest BCUT2D eigenvalue weighted by Gasteiger charge is -2.30. The van der Waals surface area contributed by atoms with Gasteiger partial charge < -0.3 is 5.32 Å². The number of sulfonamides is 1. The summed E-state index contributed by atoms with van der Waals surface area (Å²) < 4.78 is 24.1. The van der Waals surface area contributed by atoms with Gasteiger partial charge in [-0.2, -0.15) is 0 Å². The Bertz CT molecular complexity index is 249.